The van der Waals surface area contributed by atoms with Crippen molar-refractivity contribution in [2.45, 2.75) is 19.3 Å². The van der Waals surface area contributed by atoms with Crippen molar-refractivity contribution in [1.82, 2.24) is 4.90 Å². The fraction of sp³-hybridized carbons (Fsp3) is 0.240. The number of nitrogens with zero attached hydrogens (tertiary/aromatic N) is 2. The van der Waals surface area contributed by atoms with Crippen LogP contribution in [-0.2, 0) is 11.0 Å². The van der Waals surface area contributed by atoms with Gasteiger partial charge in [-0.05, 0) is 54.8 Å². The lowest BCUT2D eigenvalue weighted by atomic mass is 10.1. The van der Waals surface area contributed by atoms with Crippen LogP contribution >= 0.6 is 7.75 Å². The molecule has 32 heavy (non-hydrogen) atoms. The molecule has 1 saturated heterocycles. The molecule has 1 aliphatic heterocycles. The molecule has 6 nitrogen and oxygen atoms in total. The van der Waals surface area contributed by atoms with E-state index in [4.69, 9.17) is 13.8 Å². The van der Waals surface area contributed by atoms with Crippen LogP contribution in [0.3, 0.4) is 0 Å². The molecule has 4 rings (SSSR count). The molecule has 0 bridgehead atoms. The fourth-order valence-electron chi connectivity index (χ4n) is 3.54. The summed E-state index contributed by atoms with van der Waals surface area (Å²) in [5.74, 6) is 2.38. The summed E-state index contributed by atoms with van der Waals surface area (Å²) in [7, 11) is -2.26. The van der Waals surface area contributed by atoms with Crippen molar-refractivity contribution in [3.63, 3.8) is 0 Å². The smallest absolute Gasteiger partial charge is 0.497 e. The Morgan fingerprint density at radius 1 is 0.812 bits per heavy atom. The SMILES string of the molecule is COc1ccc(C/C(=N/P(=O)(Oc2ccccc2)Oc2ccccc2)N2CCCC2)cc1. The van der Waals surface area contributed by atoms with E-state index in [0.29, 0.717) is 23.8 Å². The number of methoxy groups -OCH3 is 1. The Labute approximate surface area is 189 Å². The average molecular weight is 450 g/mol. The lowest BCUT2D eigenvalue weighted by molar-refractivity contribution is 0.386. The first kappa shape index (κ1) is 22.0. The van der Waals surface area contributed by atoms with Gasteiger partial charge >= 0.3 is 7.75 Å². The molecule has 0 saturated carbocycles. The van der Waals surface area contributed by atoms with Gasteiger partial charge in [0.25, 0.3) is 0 Å². The summed E-state index contributed by atoms with van der Waals surface area (Å²) in [5, 5.41) is 0. The number of ether oxygens (including phenoxy) is 1. The molecule has 0 aromatic heterocycles. The molecule has 3 aromatic rings. The van der Waals surface area contributed by atoms with E-state index in [1.807, 2.05) is 60.7 Å². The minimum atomic E-state index is -3.90. The Kier molecular flexibility index (Phi) is 7.13. The molecule has 0 atom stereocenters. The second kappa shape index (κ2) is 10.4. The van der Waals surface area contributed by atoms with Gasteiger partial charge in [-0.15, -0.1) is 4.76 Å². The molecule has 0 unspecified atom stereocenters. The zero-order valence-electron chi connectivity index (χ0n) is 18.1. The van der Waals surface area contributed by atoms with Gasteiger partial charge in [-0.2, -0.15) is 0 Å². The maximum atomic E-state index is 13.9. The van der Waals surface area contributed by atoms with Gasteiger partial charge in [0.2, 0.25) is 0 Å². The highest BCUT2D eigenvalue weighted by Gasteiger charge is 2.31. The standard InChI is InChI=1S/C25H27N2O4P/c1-29-22-16-14-21(15-17-22)20-25(27-18-8-9-19-27)26-32(28,30-23-10-4-2-5-11-23)31-24-12-6-3-7-13-24/h2-7,10-17H,8-9,18-20H2,1H3/b26-25-. The van der Waals surface area contributed by atoms with Crippen molar-refractivity contribution in [3.8, 4) is 17.2 Å². The van der Waals surface area contributed by atoms with Gasteiger partial charge < -0.3 is 18.7 Å². The molecular formula is C25H27N2O4P. The number of likely N-dealkylation sites (tertiary alicyclic amines) is 1. The van der Waals surface area contributed by atoms with E-state index >= 15 is 0 Å². The summed E-state index contributed by atoms with van der Waals surface area (Å²) in [6.07, 6.45) is 2.67. The van der Waals surface area contributed by atoms with E-state index in [9.17, 15) is 4.57 Å². The van der Waals surface area contributed by atoms with E-state index in [1.165, 1.54) is 0 Å². The van der Waals surface area contributed by atoms with E-state index in [-0.39, 0.29) is 0 Å². The molecule has 0 radical (unpaired) electrons. The van der Waals surface area contributed by atoms with Gasteiger partial charge in [0.05, 0.1) is 7.11 Å². The van der Waals surface area contributed by atoms with Crippen LogP contribution in [0.1, 0.15) is 18.4 Å². The number of hydrogen-bond acceptors (Lipinski definition) is 4. The first-order chi connectivity index (χ1) is 15.6. The molecule has 0 aliphatic carbocycles. The van der Waals surface area contributed by atoms with Crippen LogP contribution in [-0.4, -0.2) is 30.9 Å². The van der Waals surface area contributed by atoms with Gasteiger partial charge in [0.1, 0.15) is 23.1 Å². The Morgan fingerprint density at radius 3 is 1.84 bits per heavy atom. The number of benzene rings is 3. The molecule has 0 N–H and O–H groups in total. The summed E-state index contributed by atoms with van der Waals surface area (Å²) >= 11 is 0. The van der Waals surface area contributed by atoms with Gasteiger partial charge in [0.15, 0.2) is 0 Å². The van der Waals surface area contributed by atoms with Crippen molar-refractivity contribution in [1.29, 1.82) is 0 Å². The lowest BCUT2D eigenvalue weighted by Crippen LogP contribution is -2.30. The minimum absolute atomic E-state index is 0.445. The van der Waals surface area contributed by atoms with Crippen molar-refractivity contribution in [3.05, 3.63) is 90.5 Å². The predicted molar refractivity (Wildman–Crippen MR) is 127 cm³/mol. The van der Waals surface area contributed by atoms with Gasteiger partial charge in [-0.3, -0.25) is 0 Å². The average Bonchev–Trinajstić information content (AvgIpc) is 3.35. The fourth-order valence-corrected chi connectivity index (χ4v) is 4.92. The largest absolute Gasteiger partial charge is 0.564 e. The third-order valence-corrected chi connectivity index (χ3v) is 6.52. The van der Waals surface area contributed by atoms with Gasteiger partial charge in [0, 0.05) is 19.5 Å². The van der Waals surface area contributed by atoms with Gasteiger partial charge in [-0.25, -0.2) is 4.57 Å². The quantitative estimate of drug-likeness (QED) is 0.239. The lowest BCUT2D eigenvalue weighted by Gasteiger charge is -2.23. The summed E-state index contributed by atoms with van der Waals surface area (Å²) in [5.41, 5.74) is 1.04. The summed E-state index contributed by atoms with van der Waals surface area (Å²) < 4.78 is 35.6. The molecule has 0 spiro atoms. The second-order valence-electron chi connectivity index (χ2n) is 7.51. The number of amidine groups is 1. The Bertz CT molecular complexity index is 1020. The van der Waals surface area contributed by atoms with E-state index in [0.717, 1.165) is 37.2 Å². The molecule has 3 aromatic carbocycles. The Balaban J connectivity index is 1.68. The normalized spacial score (nSPS) is 14.3. The molecule has 1 heterocycles. The maximum absolute atomic E-state index is 13.9. The minimum Gasteiger partial charge on any atom is -0.497 e. The number of rotatable bonds is 8. The van der Waals surface area contributed by atoms with Gasteiger partial charge in [-0.1, -0.05) is 48.5 Å². The molecule has 1 fully saturated rings. The highest BCUT2D eigenvalue weighted by molar-refractivity contribution is 7.53. The third kappa shape index (κ3) is 5.92. The van der Waals surface area contributed by atoms with E-state index in [1.54, 1.807) is 31.4 Å². The highest BCUT2D eigenvalue weighted by Crippen LogP contribution is 2.50. The van der Waals surface area contributed by atoms with Crippen LogP contribution in [0.4, 0.5) is 0 Å². The van der Waals surface area contributed by atoms with Crippen LogP contribution in [0, 0.1) is 0 Å². The molecular weight excluding hydrogens is 423 g/mol. The van der Waals surface area contributed by atoms with Crippen molar-refractivity contribution < 1.29 is 18.3 Å². The van der Waals surface area contributed by atoms with E-state index in [2.05, 4.69) is 9.66 Å². The van der Waals surface area contributed by atoms with Crippen molar-refractivity contribution >= 4 is 13.6 Å². The summed E-state index contributed by atoms with van der Waals surface area (Å²) in [6, 6.07) is 25.8. The van der Waals surface area contributed by atoms with Crippen molar-refractivity contribution in [2.24, 2.45) is 4.76 Å². The molecule has 7 heteroatoms. The van der Waals surface area contributed by atoms with Crippen LogP contribution in [0.25, 0.3) is 0 Å². The molecule has 1 aliphatic rings. The number of hydrogen-bond donors (Lipinski definition) is 0. The summed E-state index contributed by atoms with van der Waals surface area (Å²) in [6.45, 7) is 1.73. The predicted octanol–water partition coefficient (Wildman–Crippen LogP) is 6.00. The first-order valence-corrected chi connectivity index (χ1v) is 12.2. The monoisotopic (exact) mass is 450 g/mol. The van der Waals surface area contributed by atoms with Crippen LogP contribution in [0.15, 0.2) is 89.7 Å². The van der Waals surface area contributed by atoms with Crippen molar-refractivity contribution in [2.75, 3.05) is 20.2 Å². The number of para-hydroxylation sites is 2. The second-order valence-corrected chi connectivity index (χ2v) is 9.01. The summed E-state index contributed by atoms with van der Waals surface area (Å²) in [4.78, 5) is 2.17. The Morgan fingerprint density at radius 2 is 1.34 bits per heavy atom. The maximum Gasteiger partial charge on any atom is 0.564 e. The Hall–Kier alpha value is -3.24. The molecule has 166 valence electrons. The zero-order chi connectivity index (χ0) is 22.2. The highest BCUT2D eigenvalue weighted by atomic mass is 31.2. The topological polar surface area (TPSA) is 60.4 Å². The first-order valence-electron chi connectivity index (χ1n) is 10.7. The van der Waals surface area contributed by atoms with Crippen LogP contribution < -0.4 is 13.8 Å². The van der Waals surface area contributed by atoms with E-state index < -0.39 is 7.75 Å². The van der Waals surface area contributed by atoms with Crippen LogP contribution in [0.2, 0.25) is 0 Å². The van der Waals surface area contributed by atoms with Crippen LogP contribution in [0.5, 0.6) is 17.2 Å². The third-order valence-electron chi connectivity index (χ3n) is 5.16. The molecule has 0 amide bonds. The zero-order valence-corrected chi connectivity index (χ0v) is 19.0.